The summed E-state index contributed by atoms with van der Waals surface area (Å²) in [5.74, 6) is 1.07. The largest absolute Gasteiger partial charge is 0.497 e. The lowest BCUT2D eigenvalue weighted by atomic mass is 10.2. The van der Waals surface area contributed by atoms with Crippen LogP contribution < -0.4 is 10.1 Å². The van der Waals surface area contributed by atoms with Crippen molar-refractivity contribution in [1.29, 1.82) is 0 Å². The molecule has 3 aromatic carbocycles. The van der Waals surface area contributed by atoms with Gasteiger partial charge < -0.3 is 15.0 Å². The number of H-pyrrole nitrogens is 1. The molecule has 8 heteroatoms. The van der Waals surface area contributed by atoms with E-state index in [9.17, 15) is 14.9 Å². The number of carbonyl (C=O) groups is 1. The molecule has 0 atom stereocenters. The fourth-order valence-electron chi connectivity index (χ4n) is 2.93. The fourth-order valence-corrected chi connectivity index (χ4v) is 2.93. The minimum absolute atomic E-state index is 0.0644. The third-order valence-electron chi connectivity index (χ3n) is 4.42. The highest BCUT2D eigenvalue weighted by Gasteiger charge is 2.11. The van der Waals surface area contributed by atoms with Gasteiger partial charge in [0.05, 0.1) is 23.1 Å². The summed E-state index contributed by atoms with van der Waals surface area (Å²) in [6.07, 6.45) is 0. The maximum atomic E-state index is 12.4. The van der Waals surface area contributed by atoms with Crippen LogP contribution >= 0.6 is 0 Å². The minimum Gasteiger partial charge on any atom is -0.497 e. The van der Waals surface area contributed by atoms with Gasteiger partial charge in [0.15, 0.2) is 0 Å². The van der Waals surface area contributed by atoms with Crippen molar-refractivity contribution in [3.05, 3.63) is 82.4 Å². The average molecular weight is 388 g/mol. The number of nitrogens with zero attached hydrogens (tertiary/aromatic N) is 2. The van der Waals surface area contributed by atoms with E-state index in [0.717, 1.165) is 22.3 Å². The van der Waals surface area contributed by atoms with Crippen LogP contribution in [0.15, 0.2) is 66.7 Å². The van der Waals surface area contributed by atoms with Gasteiger partial charge in [-0.05, 0) is 42.5 Å². The Labute approximate surface area is 165 Å². The molecule has 8 nitrogen and oxygen atoms in total. The number of nitro groups is 1. The maximum Gasteiger partial charge on any atom is 0.269 e. The molecule has 2 N–H and O–H groups in total. The van der Waals surface area contributed by atoms with Crippen molar-refractivity contribution in [2.45, 2.75) is 0 Å². The van der Waals surface area contributed by atoms with Crippen molar-refractivity contribution in [1.82, 2.24) is 9.97 Å². The first-order valence-electron chi connectivity index (χ1n) is 8.73. The van der Waals surface area contributed by atoms with Gasteiger partial charge in [0.2, 0.25) is 0 Å². The molecule has 29 heavy (non-hydrogen) atoms. The number of aromatic amines is 1. The van der Waals surface area contributed by atoms with Crippen LogP contribution in [0.2, 0.25) is 0 Å². The van der Waals surface area contributed by atoms with Gasteiger partial charge in [0, 0.05) is 28.9 Å². The molecule has 0 saturated carbocycles. The quantitative estimate of drug-likeness (QED) is 0.389. The highest BCUT2D eigenvalue weighted by Crippen LogP contribution is 2.25. The Balaban J connectivity index is 1.57. The molecule has 0 fully saturated rings. The Morgan fingerprint density at radius 2 is 1.90 bits per heavy atom. The third kappa shape index (κ3) is 3.77. The van der Waals surface area contributed by atoms with Crippen molar-refractivity contribution < 1.29 is 14.5 Å². The third-order valence-corrected chi connectivity index (χ3v) is 4.42. The zero-order valence-electron chi connectivity index (χ0n) is 15.4. The number of carbonyl (C=O) groups excluding carboxylic acids is 1. The Bertz CT molecular complexity index is 1220. The number of nitrogens with one attached hydrogen (secondary N) is 2. The monoisotopic (exact) mass is 388 g/mol. The van der Waals surface area contributed by atoms with Gasteiger partial charge >= 0.3 is 0 Å². The number of amides is 1. The van der Waals surface area contributed by atoms with Crippen molar-refractivity contribution in [2.75, 3.05) is 12.4 Å². The molecular formula is C21H16N4O4. The molecular weight excluding hydrogens is 372 g/mol. The first-order chi connectivity index (χ1) is 14.0. The van der Waals surface area contributed by atoms with Crippen LogP contribution in [0.25, 0.3) is 22.4 Å². The van der Waals surface area contributed by atoms with E-state index in [0.29, 0.717) is 17.1 Å². The minimum atomic E-state index is -0.506. The van der Waals surface area contributed by atoms with Gasteiger partial charge in [-0.25, -0.2) is 4.98 Å². The molecule has 4 rings (SSSR count). The van der Waals surface area contributed by atoms with Gasteiger partial charge in [-0.1, -0.05) is 12.1 Å². The lowest BCUT2D eigenvalue weighted by molar-refractivity contribution is -0.384. The second-order valence-corrected chi connectivity index (χ2v) is 6.31. The predicted molar refractivity (Wildman–Crippen MR) is 109 cm³/mol. The Morgan fingerprint density at radius 3 is 2.62 bits per heavy atom. The number of nitro benzene ring substituents is 1. The molecule has 0 spiro atoms. The SMILES string of the molecule is COc1cccc(-c2nc3ccc(NC(=O)c4ccc([N+](=O)[O-])cc4)cc3[nH]2)c1. The predicted octanol–water partition coefficient (Wildman–Crippen LogP) is 4.40. The summed E-state index contributed by atoms with van der Waals surface area (Å²) in [7, 11) is 1.61. The number of methoxy groups -OCH3 is 1. The summed E-state index contributed by atoms with van der Waals surface area (Å²) in [6.45, 7) is 0. The lowest BCUT2D eigenvalue weighted by Gasteiger charge is -2.05. The molecule has 0 bridgehead atoms. The highest BCUT2D eigenvalue weighted by atomic mass is 16.6. The van der Waals surface area contributed by atoms with E-state index in [-0.39, 0.29) is 11.6 Å². The van der Waals surface area contributed by atoms with E-state index >= 15 is 0 Å². The number of anilines is 1. The number of rotatable bonds is 5. The van der Waals surface area contributed by atoms with E-state index in [2.05, 4.69) is 15.3 Å². The van der Waals surface area contributed by atoms with Crippen LogP contribution in [-0.2, 0) is 0 Å². The molecule has 1 aromatic heterocycles. The standard InChI is InChI=1S/C21H16N4O4/c1-29-17-4-2-3-14(11-17)20-23-18-10-7-15(12-19(18)24-20)22-21(26)13-5-8-16(9-6-13)25(27)28/h2-12H,1H3,(H,22,26)(H,23,24). The van der Waals surface area contributed by atoms with Crippen molar-refractivity contribution >= 4 is 28.3 Å². The van der Waals surface area contributed by atoms with Crippen LogP contribution in [0.1, 0.15) is 10.4 Å². The molecule has 0 aliphatic rings. The number of non-ortho nitro benzene ring substituents is 1. The fraction of sp³-hybridized carbons (Fsp3) is 0.0476. The number of aromatic nitrogens is 2. The summed E-state index contributed by atoms with van der Waals surface area (Å²) >= 11 is 0. The second-order valence-electron chi connectivity index (χ2n) is 6.31. The molecule has 0 radical (unpaired) electrons. The van der Waals surface area contributed by atoms with Gasteiger partial charge in [-0.2, -0.15) is 0 Å². The van der Waals surface area contributed by atoms with E-state index < -0.39 is 4.92 Å². The molecule has 1 amide bonds. The topological polar surface area (TPSA) is 110 Å². The van der Waals surface area contributed by atoms with Gasteiger partial charge in [0.25, 0.3) is 11.6 Å². The van der Waals surface area contributed by atoms with Crippen LogP contribution in [0.3, 0.4) is 0 Å². The van der Waals surface area contributed by atoms with Gasteiger partial charge in [-0.15, -0.1) is 0 Å². The summed E-state index contributed by atoms with van der Waals surface area (Å²) in [6, 6.07) is 18.3. The smallest absolute Gasteiger partial charge is 0.269 e. The number of ether oxygens (including phenoxy) is 1. The highest BCUT2D eigenvalue weighted by molar-refractivity contribution is 6.05. The summed E-state index contributed by atoms with van der Waals surface area (Å²) in [4.78, 5) is 30.4. The second kappa shape index (κ2) is 7.43. The van der Waals surface area contributed by atoms with Crippen LogP contribution in [0.4, 0.5) is 11.4 Å². The first-order valence-corrected chi connectivity index (χ1v) is 8.73. The zero-order chi connectivity index (χ0) is 20.4. The van der Waals surface area contributed by atoms with Crippen LogP contribution in [-0.4, -0.2) is 27.9 Å². The Kier molecular flexibility index (Phi) is 4.66. The molecule has 0 saturated heterocycles. The van der Waals surface area contributed by atoms with Gasteiger partial charge in [-0.3, -0.25) is 14.9 Å². The molecule has 0 aliphatic heterocycles. The summed E-state index contributed by atoms with van der Waals surface area (Å²) in [5, 5.41) is 13.5. The van der Waals surface area contributed by atoms with E-state index in [1.807, 2.05) is 24.3 Å². The molecule has 144 valence electrons. The summed E-state index contributed by atoms with van der Waals surface area (Å²) < 4.78 is 5.25. The summed E-state index contributed by atoms with van der Waals surface area (Å²) in [5.41, 5.74) is 3.27. The van der Waals surface area contributed by atoms with E-state index in [1.165, 1.54) is 24.3 Å². The average Bonchev–Trinajstić information content (AvgIpc) is 3.17. The Morgan fingerprint density at radius 1 is 1.10 bits per heavy atom. The van der Waals surface area contributed by atoms with Gasteiger partial charge in [0.1, 0.15) is 11.6 Å². The maximum absolute atomic E-state index is 12.4. The van der Waals surface area contributed by atoms with Crippen molar-refractivity contribution in [3.8, 4) is 17.1 Å². The van der Waals surface area contributed by atoms with Crippen molar-refractivity contribution in [3.63, 3.8) is 0 Å². The number of fused-ring (bicyclic) bond motifs is 1. The molecule has 0 unspecified atom stereocenters. The van der Waals surface area contributed by atoms with E-state index in [1.54, 1.807) is 25.3 Å². The number of benzene rings is 3. The lowest BCUT2D eigenvalue weighted by Crippen LogP contribution is -2.11. The Hall–Kier alpha value is -4.20. The first kappa shape index (κ1) is 18.2. The number of hydrogen-bond donors (Lipinski definition) is 2. The van der Waals surface area contributed by atoms with E-state index in [4.69, 9.17) is 4.74 Å². The molecule has 0 aliphatic carbocycles. The van der Waals surface area contributed by atoms with Crippen LogP contribution in [0, 0.1) is 10.1 Å². The molecule has 1 heterocycles. The molecule has 4 aromatic rings. The van der Waals surface area contributed by atoms with Crippen molar-refractivity contribution in [2.24, 2.45) is 0 Å². The van der Waals surface area contributed by atoms with Crippen LogP contribution in [0.5, 0.6) is 5.75 Å². The normalized spacial score (nSPS) is 10.7. The zero-order valence-corrected chi connectivity index (χ0v) is 15.4. The number of imidazole rings is 1. The number of hydrogen-bond acceptors (Lipinski definition) is 5.